The highest BCUT2D eigenvalue weighted by Crippen LogP contribution is 2.47. The molecule has 0 spiro atoms. The van der Waals surface area contributed by atoms with Gasteiger partial charge in [-0.25, -0.2) is 19.6 Å². The Labute approximate surface area is 375 Å². The zero-order valence-electron chi connectivity index (χ0n) is 36.3. The van der Waals surface area contributed by atoms with Crippen LogP contribution < -0.4 is 15.4 Å². The first-order valence-electron chi connectivity index (χ1n) is 22.7. The second-order valence-corrected chi connectivity index (χ2v) is 17.9. The van der Waals surface area contributed by atoms with Gasteiger partial charge in [-0.1, -0.05) is 42.5 Å². The predicted octanol–water partition coefficient (Wildman–Crippen LogP) is 7.62. The van der Waals surface area contributed by atoms with E-state index >= 15 is 0 Å². The number of amides is 4. The van der Waals surface area contributed by atoms with E-state index in [9.17, 15) is 19.2 Å². The van der Waals surface area contributed by atoms with Crippen LogP contribution in [0.5, 0.6) is 5.75 Å². The molecule has 5 atom stereocenters. The molecule has 2 aliphatic carbocycles. The lowest BCUT2D eigenvalue weighted by Gasteiger charge is -2.30. The van der Waals surface area contributed by atoms with Gasteiger partial charge in [0.05, 0.1) is 61.3 Å². The Kier molecular flexibility index (Phi) is 10.3. The molecule has 6 heterocycles. The minimum atomic E-state index is -0.607. The molecule has 11 rings (SSSR count). The van der Waals surface area contributed by atoms with Gasteiger partial charge < -0.3 is 49.2 Å². The summed E-state index contributed by atoms with van der Waals surface area (Å²) in [6.45, 7) is 1.20. The summed E-state index contributed by atoms with van der Waals surface area (Å²) in [5, 5.41) is 6.60. The largest absolute Gasteiger partial charge is 0.465 e. The maximum absolute atomic E-state index is 13.8. The number of likely N-dealkylation sites (tertiary alicyclic amines) is 2. The van der Waals surface area contributed by atoms with Crippen molar-refractivity contribution in [3.63, 3.8) is 0 Å². The van der Waals surface area contributed by atoms with E-state index in [1.54, 1.807) is 0 Å². The van der Waals surface area contributed by atoms with Crippen molar-refractivity contribution >= 4 is 34.9 Å². The van der Waals surface area contributed by atoms with Crippen LogP contribution in [0.4, 0.5) is 9.59 Å². The Morgan fingerprint density at radius 1 is 0.692 bits per heavy atom. The summed E-state index contributed by atoms with van der Waals surface area (Å²) in [5.41, 5.74) is 7.53. The van der Waals surface area contributed by atoms with Crippen molar-refractivity contribution < 1.29 is 33.4 Å². The van der Waals surface area contributed by atoms with Crippen molar-refractivity contribution in [2.24, 2.45) is 11.8 Å². The number of hydrogen-bond donors (Lipinski definition) is 4. The third-order valence-electron chi connectivity index (χ3n) is 13.8. The topological polar surface area (TPSA) is 189 Å². The molecule has 0 radical (unpaired) electrons. The predicted molar refractivity (Wildman–Crippen MR) is 239 cm³/mol. The number of fused-ring (bicyclic) bond motifs is 5. The normalized spacial score (nSPS) is 21.0. The fourth-order valence-corrected chi connectivity index (χ4v) is 10.2. The molecule has 3 aromatic heterocycles. The van der Waals surface area contributed by atoms with Crippen LogP contribution >= 0.6 is 0 Å². The number of methoxy groups -OCH3 is 2. The van der Waals surface area contributed by atoms with E-state index in [1.807, 2.05) is 40.4 Å². The molecule has 3 aromatic carbocycles. The van der Waals surface area contributed by atoms with E-state index < -0.39 is 30.5 Å². The van der Waals surface area contributed by atoms with E-state index in [1.165, 1.54) is 14.2 Å². The van der Waals surface area contributed by atoms with Gasteiger partial charge in [0.15, 0.2) is 0 Å². The molecule has 6 aromatic rings. The third-order valence-corrected chi connectivity index (χ3v) is 13.8. The minimum absolute atomic E-state index is 0.0886. The average Bonchev–Trinajstić information content (AvgIpc) is 3.94. The monoisotopic (exact) mass is 877 g/mol. The molecule has 16 nitrogen and oxygen atoms in total. The molecule has 0 bridgehead atoms. The smallest absolute Gasteiger partial charge is 0.407 e. The molecule has 4 N–H and O–H groups in total. The second-order valence-electron chi connectivity index (χ2n) is 17.9. The Bertz CT molecular complexity index is 2810. The summed E-state index contributed by atoms with van der Waals surface area (Å²) in [6.07, 6.45) is 8.86. The van der Waals surface area contributed by atoms with Gasteiger partial charge in [-0.3, -0.25) is 9.59 Å². The van der Waals surface area contributed by atoms with Gasteiger partial charge in [-0.05, 0) is 93.5 Å². The van der Waals surface area contributed by atoms with E-state index in [-0.39, 0.29) is 35.7 Å². The fraction of sp³-hybridized carbons (Fsp3) is 0.388. The lowest BCUT2D eigenvalue weighted by molar-refractivity contribution is -0.135. The highest BCUT2D eigenvalue weighted by Gasteiger charge is 2.45. The summed E-state index contributed by atoms with van der Waals surface area (Å²) in [6, 6.07) is 23.3. The van der Waals surface area contributed by atoms with Gasteiger partial charge in [-0.2, -0.15) is 0 Å². The van der Waals surface area contributed by atoms with Crippen LogP contribution in [-0.2, 0) is 19.1 Å². The number of alkyl carbamates (subject to hydrolysis) is 2. The SMILES string of the molecule is COC(=O)N[C@H](C(=O)N1CCC[C@H]1c1ncc(-c2ccc3c(c2)O[C@@H](c2ccccc2)n2c-3cc3cc(-c4cnc([C@@H]5CCCN5C(=O)[C@@H](NC(=O)OC)C5CC5)[nH]4)ccc32)[nH]1)C1CC1. The van der Waals surface area contributed by atoms with Crippen LogP contribution in [0.25, 0.3) is 44.7 Å². The van der Waals surface area contributed by atoms with E-state index in [2.05, 4.69) is 79.8 Å². The summed E-state index contributed by atoms with van der Waals surface area (Å²) in [7, 11) is 2.62. The number of hydrogen-bond acceptors (Lipinski definition) is 9. The highest BCUT2D eigenvalue weighted by molar-refractivity contribution is 5.93. The Morgan fingerprint density at radius 3 is 1.80 bits per heavy atom. The number of carbonyl (C=O) groups is 4. The van der Waals surface area contributed by atoms with Crippen molar-refractivity contribution in [2.75, 3.05) is 27.3 Å². The number of carbonyl (C=O) groups excluding carboxylic acids is 4. The molecule has 2 saturated heterocycles. The molecule has 334 valence electrons. The quantitative estimate of drug-likeness (QED) is 0.102. The van der Waals surface area contributed by atoms with Gasteiger partial charge in [0.25, 0.3) is 0 Å². The fourth-order valence-electron chi connectivity index (χ4n) is 10.2. The van der Waals surface area contributed by atoms with Crippen LogP contribution in [0, 0.1) is 11.8 Å². The molecule has 4 fully saturated rings. The van der Waals surface area contributed by atoms with E-state index in [0.29, 0.717) is 18.9 Å². The van der Waals surface area contributed by atoms with E-state index in [4.69, 9.17) is 24.2 Å². The number of rotatable bonds is 11. The summed E-state index contributed by atoms with van der Waals surface area (Å²) >= 11 is 0. The maximum atomic E-state index is 13.8. The first-order chi connectivity index (χ1) is 31.8. The average molecular weight is 878 g/mol. The molecule has 3 aliphatic heterocycles. The van der Waals surface area contributed by atoms with Crippen molar-refractivity contribution in [3.05, 3.63) is 102 Å². The number of ether oxygens (including phenoxy) is 3. The third kappa shape index (κ3) is 7.53. The second kappa shape index (κ2) is 16.5. The lowest BCUT2D eigenvalue weighted by atomic mass is 10.0. The van der Waals surface area contributed by atoms with Crippen molar-refractivity contribution in [1.82, 2.24) is 44.9 Å². The van der Waals surface area contributed by atoms with Crippen LogP contribution in [-0.4, -0.2) is 97.7 Å². The molecular weight excluding hydrogens is 827 g/mol. The summed E-state index contributed by atoms with van der Waals surface area (Å²) < 4.78 is 18.9. The number of nitrogens with one attached hydrogen (secondary N) is 4. The number of imidazole rings is 2. The van der Waals surface area contributed by atoms with Gasteiger partial charge in [0, 0.05) is 40.7 Å². The van der Waals surface area contributed by atoms with Crippen molar-refractivity contribution in [1.29, 1.82) is 0 Å². The van der Waals surface area contributed by atoms with Crippen molar-refractivity contribution in [2.45, 2.75) is 81.8 Å². The van der Waals surface area contributed by atoms with Crippen molar-refractivity contribution in [3.8, 4) is 39.5 Å². The maximum Gasteiger partial charge on any atom is 0.407 e. The van der Waals surface area contributed by atoms with Crippen LogP contribution in [0.2, 0.25) is 0 Å². The summed E-state index contributed by atoms with van der Waals surface area (Å²) in [4.78, 5) is 72.3. The first-order valence-corrected chi connectivity index (χ1v) is 22.7. The van der Waals surface area contributed by atoms with Gasteiger partial charge in [-0.15, -0.1) is 0 Å². The first kappa shape index (κ1) is 40.7. The molecular formula is C49H51N9O7. The van der Waals surface area contributed by atoms with Crippen LogP contribution in [0.3, 0.4) is 0 Å². The zero-order chi connectivity index (χ0) is 44.3. The minimum Gasteiger partial charge on any atom is -0.465 e. The lowest BCUT2D eigenvalue weighted by Crippen LogP contribution is -2.49. The highest BCUT2D eigenvalue weighted by atomic mass is 16.5. The molecule has 4 amide bonds. The Hall–Kier alpha value is -7.10. The number of H-pyrrole nitrogens is 2. The number of aromatic nitrogens is 5. The molecule has 16 heteroatoms. The Morgan fingerprint density at radius 2 is 1.25 bits per heavy atom. The van der Waals surface area contributed by atoms with Gasteiger partial charge in [0.2, 0.25) is 18.0 Å². The standard InChI is InChI=1S/C49H51N9O7/c1-63-48(61)54-41(27-12-13-27)45(59)56-20-6-10-37(56)43-50-25-34(52-43)30-17-19-36-32(22-30)23-39-33-18-16-31(24-40(33)65-47(58(36)39)29-8-4-3-5-9-29)35-26-51-44(53-35)38-11-7-21-57(38)46(60)42(28-14-15-28)55-49(62)64-2/h3-5,8-9,16-19,22-28,37-38,41-42,47H,6-7,10-15,20-21H2,1-2H3,(H,50,52)(H,51,53)(H,54,61)(H,55,62)/t37-,38-,41-,42-,47-/m0/s1. The molecule has 2 saturated carbocycles. The van der Waals surface area contributed by atoms with Crippen LogP contribution in [0.15, 0.2) is 85.2 Å². The molecule has 65 heavy (non-hydrogen) atoms. The molecule has 5 aliphatic rings. The number of benzene rings is 3. The van der Waals surface area contributed by atoms with Gasteiger partial charge in [0.1, 0.15) is 29.5 Å². The zero-order valence-corrected chi connectivity index (χ0v) is 36.3. The van der Waals surface area contributed by atoms with E-state index in [0.717, 1.165) is 113 Å². The molecule has 0 unspecified atom stereocenters. The number of nitrogens with zero attached hydrogens (tertiary/aromatic N) is 5. The number of aromatic amines is 2. The summed E-state index contributed by atoms with van der Waals surface area (Å²) in [5.74, 6) is 2.24. The Balaban J connectivity index is 0.873. The van der Waals surface area contributed by atoms with Gasteiger partial charge >= 0.3 is 12.2 Å². The van der Waals surface area contributed by atoms with Crippen LogP contribution in [0.1, 0.15) is 86.9 Å².